The van der Waals surface area contributed by atoms with Gasteiger partial charge in [-0.15, -0.1) is 0 Å². The van der Waals surface area contributed by atoms with Gasteiger partial charge in [0.1, 0.15) is 0 Å². The second-order valence-corrected chi connectivity index (χ2v) is 8.45. The van der Waals surface area contributed by atoms with Crippen LogP contribution in [0.1, 0.15) is 19.8 Å². The van der Waals surface area contributed by atoms with Crippen LogP contribution in [-0.2, 0) is 14.6 Å². The SMILES string of the molecule is CCN1C(=NC(=O)C2CC2)S[C@@H]2CS(=O)(=O)C[C@@H]21. The quantitative estimate of drug-likeness (QED) is 0.741. The summed E-state index contributed by atoms with van der Waals surface area (Å²) in [5, 5.41) is 0.792. The van der Waals surface area contributed by atoms with Crippen molar-refractivity contribution in [3.05, 3.63) is 0 Å². The molecule has 2 heterocycles. The lowest BCUT2D eigenvalue weighted by Crippen LogP contribution is -2.37. The van der Waals surface area contributed by atoms with E-state index in [4.69, 9.17) is 0 Å². The molecule has 3 aliphatic rings. The molecule has 0 aromatic heterocycles. The molecule has 1 saturated carbocycles. The highest BCUT2D eigenvalue weighted by atomic mass is 32.2. The first-order chi connectivity index (χ1) is 8.50. The predicted octanol–water partition coefficient (Wildman–Crippen LogP) is 0.513. The third-order valence-electron chi connectivity index (χ3n) is 3.65. The van der Waals surface area contributed by atoms with Crippen LogP contribution in [0.4, 0.5) is 0 Å². The third kappa shape index (κ3) is 2.18. The molecule has 0 N–H and O–H groups in total. The van der Waals surface area contributed by atoms with Crippen molar-refractivity contribution >= 4 is 32.7 Å². The van der Waals surface area contributed by atoms with E-state index >= 15 is 0 Å². The molecule has 1 amide bonds. The molecule has 0 spiro atoms. The lowest BCUT2D eigenvalue weighted by Gasteiger charge is -2.22. The molecule has 1 aliphatic carbocycles. The molecule has 3 fully saturated rings. The molecule has 7 heteroatoms. The van der Waals surface area contributed by atoms with Gasteiger partial charge in [-0.2, -0.15) is 4.99 Å². The van der Waals surface area contributed by atoms with Crippen molar-refractivity contribution in [1.82, 2.24) is 4.90 Å². The molecule has 2 atom stereocenters. The normalized spacial score (nSPS) is 36.1. The number of hydrogen-bond acceptors (Lipinski definition) is 4. The van der Waals surface area contributed by atoms with E-state index in [-0.39, 0.29) is 34.6 Å². The number of carbonyl (C=O) groups excluding carboxylic acids is 1. The molecule has 0 aromatic rings. The standard InChI is InChI=1S/C11H16N2O3S2/c1-2-13-8-5-18(15,16)6-9(8)17-11(13)12-10(14)7-3-4-7/h7-9H,2-6H2,1H3/t8-,9+/m0/s1. The maximum absolute atomic E-state index is 11.7. The number of amidine groups is 1. The summed E-state index contributed by atoms with van der Waals surface area (Å²) in [4.78, 5) is 17.9. The van der Waals surface area contributed by atoms with E-state index in [9.17, 15) is 13.2 Å². The number of carbonyl (C=O) groups is 1. The second kappa shape index (κ2) is 4.23. The van der Waals surface area contributed by atoms with E-state index in [2.05, 4.69) is 4.99 Å². The summed E-state index contributed by atoms with van der Waals surface area (Å²) in [7, 11) is -2.91. The first-order valence-corrected chi connectivity index (χ1v) is 8.96. The van der Waals surface area contributed by atoms with Crippen LogP contribution in [0, 0.1) is 5.92 Å². The fourth-order valence-electron chi connectivity index (χ4n) is 2.52. The van der Waals surface area contributed by atoms with Crippen molar-refractivity contribution in [3.8, 4) is 0 Å². The Morgan fingerprint density at radius 1 is 1.44 bits per heavy atom. The number of thioether (sulfide) groups is 1. The molecular formula is C11H16N2O3S2. The first-order valence-electron chi connectivity index (χ1n) is 6.26. The molecule has 0 unspecified atom stereocenters. The summed E-state index contributed by atoms with van der Waals surface area (Å²) in [6, 6.07) is 0.00996. The van der Waals surface area contributed by atoms with Gasteiger partial charge < -0.3 is 4.90 Å². The van der Waals surface area contributed by atoms with Crippen LogP contribution in [-0.4, -0.2) is 53.7 Å². The fourth-order valence-corrected chi connectivity index (χ4v) is 6.54. The molecule has 2 saturated heterocycles. The molecule has 100 valence electrons. The van der Waals surface area contributed by atoms with Crippen LogP contribution < -0.4 is 0 Å². The van der Waals surface area contributed by atoms with E-state index in [1.807, 2.05) is 11.8 Å². The summed E-state index contributed by atoms with van der Waals surface area (Å²) < 4.78 is 23.2. The van der Waals surface area contributed by atoms with Gasteiger partial charge in [0.15, 0.2) is 15.0 Å². The summed E-state index contributed by atoms with van der Waals surface area (Å²) in [5.41, 5.74) is 0. The minimum absolute atomic E-state index is 0.00996. The zero-order valence-corrected chi connectivity index (χ0v) is 11.8. The minimum atomic E-state index is -2.91. The number of hydrogen-bond donors (Lipinski definition) is 0. The first kappa shape index (κ1) is 12.5. The van der Waals surface area contributed by atoms with E-state index in [1.54, 1.807) is 0 Å². The Morgan fingerprint density at radius 2 is 2.17 bits per heavy atom. The van der Waals surface area contributed by atoms with Crippen molar-refractivity contribution in [2.45, 2.75) is 31.1 Å². The van der Waals surface area contributed by atoms with Gasteiger partial charge in [0.2, 0.25) is 0 Å². The smallest absolute Gasteiger partial charge is 0.251 e. The molecule has 5 nitrogen and oxygen atoms in total. The second-order valence-electron chi connectivity index (χ2n) is 5.09. The lowest BCUT2D eigenvalue weighted by atomic mass is 10.2. The maximum atomic E-state index is 11.7. The van der Waals surface area contributed by atoms with Gasteiger partial charge in [-0.25, -0.2) is 8.42 Å². The molecular weight excluding hydrogens is 272 g/mol. The Labute approximate surface area is 111 Å². The summed E-state index contributed by atoms with van der Waals surface area (Å²) in [6.07, 6.45) is 1.90. The van der Waals surface area contributed by atoms with E-state index in [0.29, 0.717) is 6.54 Å². The van der Waals surface area contributed by atoms with E-state index < -0.39 is 9.84 Å². The Bertz CT molecular complexity index is 510. The van der Waals surface area contributed by atoms with Crippen molar-refractivity contribution in [3.63, 3.8) is 0 Å². The zero-order valence-electron chi connectivity index (χ0n) is 10.2. The summed E-state index contributed by atoms with van der Waals surface area (Å²) in [6.45, 7) is 2.69. The van der Waals surface area contributed by atoms with E-state index in [1.165, 1.54) is 11.8 Å². The highest BCUT2D eigenvalue weighted by Crippen LogP contribution is 2.39. The Morgan fingerprint density at radius 3 is 2.78 bits per heavy atom. The van der Waals surface area contributed by atoms with Crippen molar-refractivity contribution in [2.75, 3.05) is 18.1 Å². The molecule has 3 rings (SSSR count). The molecule has 2 aliphatic heterocycles. The number of rotatable bonds is 2. The maximum Gasteiger partial charge on any atom is 0.251 e. The van der Waals surface area contributed by atoms with Crippen LogP contribution in [0.2, 0.25) is 0 Å². The van der Waals surface area contributed by atoms with Gasteiger partial charge in [-0.3, -0.25) is 4.79 Å². The largest absolute Gasteiger partial charge is 0.346 e. The van der Waals surface area contributed by atoms with Crippen LogP contribution >= 0.6 is 11.8 Å². The number of sulfone groups is 1. The van der Waals surface area contributed by atoms with Crippen LogP contribution in [0.15, 0.2) is 4.99 Å². The highest BCUT2D eigenvalue weighted by Gasteiger charge is 2.48. The molecule has 0 aromatic carbocycles. The van der Waals surface area contributed by atoms with Gasteiger partial charge >= 0.3 is 0 Å². The molecule has 0 bridgehead atoms. The molecule has 0 radical (unpaired) electrons. The highest BCUT2D eigenvalue weighted by molar-refractivity contribution is 8.15. The van der Waals surface area contributed by atoms with Gasteiger partial charge in [0, 0.05) is 17.7 Å². The minimum Gasteiger partial charge on any atom is -0.346 e. The zero-order chi connectivity index (χ0) is 12.9. The number of nitrogens with zero attached hydrogens (tertiary/aromatic N) is 2. The van der Waals surface area contributed by atoms with Crippen molar-refractivity contribution in [1.29, 1.82) is 0 Å². The average Bonchev–Trinajstić information content (AvgIpc) is 3.01. The van der Waals surface area contributed by atoms with Gasteiger partial charge in [-0.1, -0.05) is 11.8 Å². The predicted molar refractivity (Wildman–Crippen MR) is 71.4 cm³/mol. The van der Waals surface area contributed by atoms with Crippen LogP contribution in [0.25, 0.3) is 0 Å². The van der Waals surface area contributed by atoms with Gasteiger partial charge in [0.25, 0.3) is 5.91 Å². The lowest BCUT2D eigenvalue weighted by molar-refractivity contribution is -0.118. The number of aliphatic imine (C=N–C) groups is 1. The monoisotopic (exact) mass is 288 g/mol. The van der Waals surface area contributed by atoms with Crippen molar-refractivity contribution < 1.29 is 13.2 Å². The number of amides is 1. The number of fused-ring (bicyclic) bond motifs is 1. The van der Waals surface area contributed by atoms with E-state index in [0.717, 1.165) is 18.0 Å². The summed E-state index contributed by atoms with van der Waals surface area (Å²) in [5.74, 6) is 0.518. The summed E-state index contributed by atoms with van der Waals surface area (Å²) >= 11 is 1.47. The van der Waals surface area contributed by atoms with Crippen molar-refractivity contribution in [2.24, 2.45) is 10.9 Å². The third-order valence-corrected chi connectivity index (χ3v) is 6.90. The molecule has 18 heavy (non-hydrogen) atoms. The van der Waals surface area contributed by atoms with Gasteiger partial charge in [-0.05, 0) is 19.8 Å². The fraction of sp³-hybridized carbons (Fsp3) is 0.818. The Hall–Kier alpha value is -0.560. The average molecular weight is 288 g/mol. The topological polar surface area (TPSA) is 66.8 Å². The van der Waals surface area contributed by atoms with Crippen LogP contribution in [0.5, 0.6) is 0 Å². The van der Waals surface area contributed by atoms with Gasteiger partial charge in [0.05, 0.1) is 17.5 Å². The van der Waals surface area contributed by atoms with Crippen LogP contribution in [0.3, 0.4) is 0 Å². The Balaban J connectivity index is 1.81. The Kier molecular flexibility index (Phi) is 2.93.